The summed E-state index contributed by atoms with van der Waals surface area (Å²) in [6.07, 6.45) is 8.75. The second kappa shape index (κ2) is 9.37. The van der Waals surface area contributed by atoms with Crippen LogP contribution in [-0.4, -0.2) is 37.0 Å². The minimum Gasteiger partial charge on any atom is -0.355 e. The molecular weight excluding hydrogens is 224 g/mol. The molecule has 3 heteroatoms. The van der Waals surface area contributed by atoms with Crippen molar-refractivity contribution in [3.8, 4) is 0 Å². The second-order valence-electron chi connectivity index (χ2n) is 5.72. The lowest BCUT2D eigenvalue weighted by Gasteiger charge is -2.29. The maximum absolute atomic E-state index is 11.7. The van der Waals surface area contributed by atoms with Gasteiger partial charge in [0.05, 0.1) is 6.54 Å². The molecule has 1 rings (SSSR count). The average molecular weight is 254 g/mol. The van der Waals surface area contributed by atoms with E-state index in [4.69, 9.17) is 0 Å². The molecule has 1 aliphatic rings. The van der Waals surface area contributed by atoms with Crippen molar-refractivity contribution in [1.82, 2.24) is 10.2 Å². The fourth-order valence-corrected chi connectivity index (χ4v) is 2.44. The average Bonchev–Trinajstić information content (AvgIpc) is 2.36. The Morgan fingerprint density at radius 1 is 1.17 bits per heavy atom. The van der Waals surface area contributed by atoms with Gasteiger partial charge in [0.25, 0.3) is 0 Å². The first-order valence-corrected chi connectivity index (χ1v) is 7.71. The third-order valence-corrected chi connectivity index (χ3v) is 3.85. The van der Waals surface area contributed by atoms with Gasteiger partial charge < -0.3 is 5.32 Å². The number of carbonyl (C=O) groups is 1. The molecule has 0 spiro atoms. The molecule has 3 nitrogen and oxygen atoms in total. The Morgan fingerprint density at radius 2 is 1.83 bits per heavy atom. The molecule has 1 heterocycles. The molecule has 1 aliphatic heterocycles. The van der Waals surface area contributed by atoms with E-state index in [2.05, 4.69) is 24.1 Å². The van der Waals surface area contributed by atoms with Gasteiger partial charge in [-0.1, -0.05) is 39.5 Å². The van der Waals surface area contributed by atoms with Crippen LogP contribution in [0.2, 0.25) is 0 Å². The normalized spacial score (nSPS) is 17.9. The van der Waals surface area contributed by atoms with Crippen LogP contribution in [0.1, 0.15) is 58.8 Å². The summed E-state index contributed by atoms with van der Waals surface area (Å²) in [6.45, 7) is 8.15. The van der Waals surface area contributed by atoms with Gasteiger partial charge in [-0.05, 0) is 38.3 Å². The fourth-order valence-electron chi connectivity index (χ4n) is 2.44. The molecule has 106 valence electrons. The Kier molecular flexibility index (Phi) is 8.06. The fraction of sp³-hybridized carbons (Fsp3) is 0.933. The van der Waals surface area contributed by atoms with Crippen molar-refractivity contribution in [2.45, 2.75) is 58.8 Å². The van der Waals surface area contributed by atoms with Gasteiger partial charge in [0.1, 0.15) is 0 Å². The highest BCUT2D eigenvalue weighted by molar-refractivity contribution is 5.77. The lowest BCUT2D eigenvalue weighted by Crippen LogP contribution is -2.41. The lowest BCUT2D eigenvalue weighted by molar-refractivity contribution is -0.122. The van der Waals surface area contributed by atoms with E-state index in [1.54, 1.807) is 0 Å². The SMILES string of the molecule is CCCCCCCNC(=O)CN1CCC(C)CC1. The number of unbranched alkanes of at least 4 members (excludes halogenated alkanes) is 4. The Morgan fingerprint density at radius 3 is 2.50 bits per heavy atom. The first-order valence-electron chi connectivity index (χ1n) is 7.71. The maximum Gasteiger partial charge on any atom is 0.234 e. The van der Waals surface area contributed by atoms with E-state index >= 15 is 0 Å². The van der Waals surface area contributed by atoms with Crippen molar-refractivity contribution in [3.05, 3.63) is 0 Å². The number of hydrogen-bond donors (Lipinski definition) is 1. The molecule has 1 amide bonds. The summed E-state index contributed by atoms with van der Waals surface area (Å²) in [5, 5.41) is 3.04. The van der Waals surface area contributed by atoms with E-state index in [0.717, 1.165) is 32.0 Å². The molecular formula is C15H30N2O. The highest BCUT2D eigenvalue weighted by Crippen LogP contribution is 2.15. The van der Waals surface area contributed by atoms with E-state index in [-0.39, 0.29) is 5.91 Å². The number of carbonyl (C=O) groups excluding carboxylic acids is 1. The highest BCUT2D eigenvalue weighted by atomic mass is 16.2. The number of piperidine rings is 1. The van der Waals surface area contributed by atoms with Crippen LogP contribution in [0.3, 0.4) is 0 Å². The van der Waals surface area contributed by atoms with Gasteiger partial charge in [0, 0.05) is 6.54 Å². The van der Waals surface area contributed by atoms with E-state index in [1.165, 1.54) is 38.5 Å². The van der Waals surface area contributed by atoms with Crippen LogP contribution < -0.4 is 5.32 Å². The van der Waals surface area contributed by atoms with Crippen LogP contribution in [-0.2, 0) is 4.79 Å². The number of nitrogens with zero attached hydrogens (tertiary/aromatic N) is 1. The van der Waals surface area contributed by atoms with E-state index in [0.29, 0.717) is 6.54 Å². The Bertz CT molecular complexity index is 223. The van der Waals surface area contributed by atoms with Crippen LogP contribution in [0.5, 0.6) is 0 Å². The summed E-state index contributed by atoms with van der Waals surface area (Å²) < 4.78 is 0. The van der Waals surface area contributed by atoms with Crippen molar-refractivity contribution in [2.75, 3.05) is 26.2 Å². The molecule has 0 radical (unpaired) electrons. The van der Waals surface area contributed by atoms with Crippen molar-refractivity contribution in [2.24, 2.45) is 5.92 Å². The van der Waals surface area contributed by atoms with Crippen LogP contribution in [0.4, 0.5) is 0 Å². The molecule has 0 aliphatic carbocycles. The summed E-state index contributed by atoms with van der Waals surface area (Å²) in [5.41, 5.74) is 0. The Hall–Kier alpha value is -0.570. The minimum absolute atomic E-state index is 0.208. The highest BCUT2D eigenvalue weighted by Gasteiger charge is 2.17. The summed E-state index contributed by atoms with van der Waals surface area (Å²) in [6, 6.07) is 0. The van der Waals surface area contributed by atoms with Gasteiger partial charge in [-0.3, -0.25) is 9.69 Å². The maximum atomic E-state index is 11.7. The van der Waals surface area contributed by atoms with Gasteiger partial charge in [-0.2, -0.15) is 0 Å². The number of likely N-dealkylation sites (tertiary alicyclic amines) is 1. The van der Waals surface area contributed by atoms with Gasteiger partial charge in [-0.15, -0.1) is 0 Å². The lowest BCUT2D eigenvalue weighted by atomic mass is 9.99. The predicted octanol–water partition coefficient (Wildman–Crippen LogP) is 2.80. The van der Waals surface area contributed by atoms with Crippen molar-refractivity contribution < 1.29 is 4.79 Å². The zero-order valence-electron chi connectivity index (χ0n) is 12.2. The topological polar surface area (TPSA) is 32.3 Å². The summed E-state index contributed by atoms with van der Waals surface area (Å²) in [7, 11) is 0. The third-order valence-electron chi connectivity index (χ3n) is 3.85. The first-order chi connectivity index (χ1) is 8.72. The molecule has 1 fully saturated rings. The van der Waals surface area contributed by atoms with Crippen LogP contribution in [0.25, 0.3) is 0 Å². The molecule has 0 bridgehead atoms. The molecule has 0 aromatic heterocycles. The van der Waals surface area contributed by atoms with Crippen LogP contribution in [0.15, 0.2) is 0 Å². The number of rotatable bonds is 8. The number of amides is 1. The first kappa shape index (κ1) is 15.5. The van der Waals surface area contributed by atoms with E-state index in [9.17, 15) is 4.79 Å². The van der Waals surface area contributed by atoms with Gasteiger partial charge in [0.2, 0.25) is 5.91 Å². The van der Waals surface area contributed by atoms with Crippen molar-refractivity contribution in [3.63, 3.8) is 0 Å². The zero-order chi connectivity index (χ0) is 13.2. The zero-order valence-corrected chi connectivity index (χ0v) is 12.2. The van der Waals surface area contributed by atoms with Gasteiger partial charge in [0.15, 0.2) is 0 Å². The summed E-state index contributed by atoms with van der Waals surface area (Å²) >= 11 is 0. The Balaban J connectivity index is 1.97. The van der Waals surface area contributed by atoms with Gasteiger partial charge >= 0.3 is 0 Å². The number of hydrogen-bond acceptors (Lipinski definition) is 2. The largest absolute Gasteiger partial charge is 0.355 e. The minimum atomic E-state index is 0.208. The van der Waals surface area contributed by atoms with E-state index in [1.807, 2.05) is 0 Å². The molecule has 1 N–H and O–H groups in total. The van der Waals surface area contributed by atoms with Crippen molar-refractivity contribution >= 4 is 5.91 Å². The second-order valence-corrected chi connectivity index (χ2v) is 5.72. The van der Waals surface area contributed by atoms with Crippen molar-refractivity contribution in [1.29, 1.82) is 0 Å². The smallest absolute Gasteiger partial charge is 0.234 e. The molecule has 0 aromatic carbocycles. The number of nitrogens with one attached hydrogen (secondary N) is 1. The van der Waals surface area contributed by atoms with E-state index < -0.39 is 0 Å². The molecule has 0 aromatic rings. The molecule has 1 saturated heterocycles. The molecule has 0 atom stereocenters. The Labute approximate surface area is 112 Å². The summed E-state index contributed by atoms with van der Waals surface area (Å²) in [5.74, 6) is 1.04. The third kappa shape index (κ3) is 7.00. The quantitative estimate of drug-likeness (QED) is 0.676. The molecule has 0 saturated carbocycles. The summed E-state index contributed by atoms with van der Waals surface area (Å²) in [4.78, 5) is 14.0. The van der Waals surface area contributed by atoms with Gasteiger partial charge in [-0.25, -0.2) is 0 Å². The predicted molar refractivity (Wildman–Crippen MR) is 76.6 cm³/mol. The molecule has 0 unspecified atom stereocenters. The monoisotopic (exact) mass is 254 g/mol. The van der Waals surface area contributed by atoms with Crippen LogP contribution in [0, 0.1) is 5.92 Å². The standard InChI is InChI=1S/C15H30N2O/c1-3-4-5-6-7-10-16-15(18)13-17-11-8-14(2)9-12-17/h14H,3-13H2,1-2H3,(H,16,18). The molecule has 18 heavy (non-hydrogen) atoms. The van der Waals surface area contributed by atoms with Crippen LogP contribution >= 0.6 is 0 Å².